The van der Waals surface area contributed by atoms with Gasteiger partial charge in [-0.1, -0.05) is 0 Å². The number of ether oxygens (including phenoxy) is 1. The topological polar surface area (TPSA) is 120 Å². The van der Waals surface area contributed by atoms with Crippen LogP contribution < -0.4 is 15.4 Å². The van der Waals surface area contributed by atoms with Crippen LogP contribution in [0.2, 0.25) is 0 Å². The van der Waals surface area contributed by atoms with Crippen LogP contribution in [0.25, 0.3) is 0 Å². The lowest BCUT2D eigenvalue weighted by Crippen LogP contribution is -2.57. The van der Waals surface area contributed by atoms with Crippen LogP contribution in [0.5, 0.6) is 0 Å². The second-order valence-electron chi connectivity index (χ2n) is 7.90. The first kappa shape index (κ1) is 29.4. The Hall–Kier alpha value is -2.79. The Balaban J connectivity index is 2.40. The third-order valence-electron chi connectivity index (χ3n) is 5.23. The van der Waals surface area contributed by atoms with E-state index in [4.69, 9.17) is 0 Å². The third kappa shape index (κ3) is 5.62. The maximum absolute atomic E-state index is 13.8. The number of hydrogen-bond donors (Lipinski definition) is 4. The highest BCUT2D eigenvalue weighted by molar-refractivity contribution is 7.93. The molecule has 2 rings (SSSR count). The molecule has 0 bridgehead atoms. The number of rotatable bonds is 8. The van der Waals surface area contributed by atoms with Gasteiger partial charge in [0.15, 0.2) is 5.03 Å². The van der Waals surface area contributed by atoms with Crippen LogP contribution in [-0.2, 0) is 25.7 Å². The minimum atomic E-state index is -5.69. The quantitative estimate of drug-likeness (QED) is 0.286. The lowest BCUT2D eigenvalue weighted by molar-refractivity contribution is -0.253. The highest BCUT2D eigenvalue weighted by atomic mass is 32.2. The fourth-order valence-corrected chi connectivity index (χ4v) is 4.96. The molecule has 0 aliphatic carbocycles. The molecule has 1 aliphatic rings. The molecule has 4 N–H and O–H groups in total. The first-order valence-electron chi connectivity index (χ1n) is 10.0. The van der Waals surface area contributed by atoms with Gasteiger partial charge in [-0.2, -0.15) is 26.3 Å². The van der Waals surface area contributed by atoms with Crippen LogP contribution in [0, 0.1) is 5.82 Å². The van der Waals surface area contributed by atoms with Gasteiger partial charge in [0.05, 0.1) is 18.8 Å². The van der Waals surface area contributed by atoms with E-state index in [0.29, 0.717) is 12.0 Å². The van der Waals surface area contributed by atoms with Gasteiger partial charge in [-0.3, -0.25) is 0 Å². The molecule has 17 heteroatoms. The lowest BCUT2D eigenvalue weighted by atomic mass is 9.99. The molecule has 1 aromatic carbocycles. The van der Waals surface area contributed by atoms with Gasteiger partial charge in [0.25, 0.3) is 10.0 Å². The molecule has 2 unspecified atom stereocenters. The summed E-state index contributed by atoms with van der Waals surface area (Å²) >= 11 is 0. The van der Waals surface area contributed by atoms with Crippen molar-refractivity contribution in [2.75, 3.05) is 26.0 Å². The molecule has 36 heavy (non-hydrogen) atoms. The molecule has 204 valence electrons. The Morgan fingerprint density at radius 3 is 2.33 bits per heavy atom. The number of esters is 1. The first-order valence-corrected chi connectivity index (χ1v) is 11.5. The summed E-state index contributed by atoms with van der Waals surface area (Å²) in [6, 6.07) is 0.525. The van der Waals surface area contributed by atoms with E-state index in [2.05, 4.69) is 15.4 Å². The summed E-state index contributed by atoms with van der Waals surface area (Å²) in [6.07, 6.45) is -11.8. The van der Waals surface area contributed by atoms with Crippen LogP contribution in [0.4, 0.5) is 36.4 Å². The number of carbonyl (C=O) groups is 1. The van der Waals surface area contributed by atoms with Crippen molar-refractivity contribution in [3.8, 4) is 0 Å². The van der Waals surface area contributed by atoms with Crippen molar-refractivity contribution in [2.24, 2.45) is 0 Å². The number of benzene rings is 1. The van der Waals surface area contributed by atoms with Crippen LogP contribution >= 0.6 is 0 Å². The number of anilines is 1. The SMILES string of the molecule is COC(=O)C(O)(C1=C(S(=O)(=O)N[C@H](C)CNc2ccc(F)cc2C(F)(F)F)NC(C)N1C)C(F)(F)F. The predicted molar refractivity (Wildman–Crippen MR) is 112 cm³/mol. The van der Waals surface area contributed by atoms with Gasteiger partial charge in [0.1, 0.15) is 11.5 Å². The zero-order valence-electron chi connectivity index (χ0n) is 19.2. The monoisotopic (exact) mass is 552 g/mol. The molecule has 0 spiro atoms. The fourth-order valence-electron chi connectivity index (χ4n) is 3.36. The highest BCUT2D eigenvalue weighted by Crippen LogP contribution is 2.42. The highest BCUT2D eigenvalue weighted by Gasteiger charge is 2.67. The average Bonchev–Trinajstić information content (AvgIpc) is 3.05. The van der Waals surface area contributed by atoms with Crippen LogP contribution in [0.15, 0.2) is 28.9 Å². The molecule has 0 amide bonds. The number of methoxy groups -OCH3 is 1. The molecule has 0 aromatic heterocycles. The van der Waals surface area contributed by atoms with Crippen LogP contribution in [-0.4, -0.2) is 69.1 Å². The van der Waals surface area contributed by atoms with Crippen molar-refractivity contribution in [2.45, 2.75) is 44.0 Å². The zero-order valence-corrected chi connectivity index (χ0v) is 20.0. The number of nitrogens with one attached hydrogen (secondary N) is 3. The van der Waals surface area contributed by atoms with Gasteiger partial charge < -0.3 is 25.4 Å². The Bertz CT molecular complexity index is 1140. The van der Waals surface area contributed by atoms with Crippen molar-refractivity contribution in [3.63, 3.8) is 0 Å². The van der Waals surface area contributed by atoms with E-state index in [0.717, 1.165) is 19.2 Å². The summed E-state index contributed by atoms with van der Waals surface area (Å²) in [7, 11) is -3.36. The van der Waals surface area contributed by atoms with Gasteiger partial charge in [0, 0.05) is 25.3 Å². The Labute approximate surface area is 201 Å². The first-order chi connectivity index (χ1) is 16.3. The molecular weight excluding hydrogens is 529 g/mol. The molecule has 1 heterocycles. The normalized spacial score (nSPS) is 19.6. The summed E-state index contributed by atoms with van der Waals surface area (Å²) < 4.78 is 126. The lowest BCUT2D eigenvalue weighted by Gasteiger charge is -2.33. The summed E-state index contributed by atoms with van der Waals surface area (Å²) in [6.45, 7) is 1.91. The minimum absolute atomic E-state index is 0.235. The second-order valence-corrected chi connectivity index (χ2v) is 9.55. The Morgan fingerprint density at radius 2 is 1.83 bits per heavy atom. The van der Waals surface area contributed by atoms with E-state index >= 15 is 0 Å². The minimum Gasteiger partial charge on any atom is -0.466 e. The molecule has 0 saturated carbocycles. The molecule has 3 atom stereocenters. The van der Waals surface area contributed by atoms with E-state index in [9.17, 15) is 49.1 Å². The summed E-state index contributed by atoms with van der Waals surface area (Å²) in [4.78, 5) is 12.7. The smallest absolute Gasteiger partial charge is 0.434 e. The van der Waals surface area contributed by atoms with Crippen molar-refractivity contribution in [3.05, 3.63) is 40.3 Å². The summed E-state index contributed by atoms with van der Waals surface area (Å²) in [5.74, 6) is -3.35. The number of halogens is 7. The van der Waals surface area contributed by atoms with Gasteiger partial charge in [-0.15, -0.1) is 0 Å². The maximum Gasteiger partial charge on any atom is 0.434 e. The summed E-state index contributed by atoms with van der Waals surface area (Å²) in [5.41, 5.74) is -7.65. The number of hydrogen-bond acceptors (Lipinski definition) is 8. The molecule has 0 saturated heterocycles. The third-order valence-corrected chi connectivity index (χ3v) is 6.79. The van der Waals surface area contributed by atoms with E-state index in [-0.39, 0.29) is 6.07 Å². The molecule has 1 aliphatic heterocycles. The number of likely N-dealkylation sites (N-methyl/N-ethyl adjacent to an activating group) is 1. The van der Waals surface area contributed by atoms with Gasteiger partial charge >= 0.3 is 23.9 Å². The van der Waals surface area contributed by atoms with Gasteiger partial charge in [0.2, 0.25) is 0 Å². The van der Waals surface area contributed by atoms with Gasteiger partial charge in [-0.25, -0.2) is 22.3 Å². The van der Waals surface area contributed by atoms with Crippen molar-refractivity contribution >= 4 is 21.7 Å². The molecule has 9 nitrogen and oxygen atoms in total. The molecule has 0 fully saturated rings. The van der Waals surface area contributed by atoms with Crippen LogP contribution in [0.1, 0.15) is 19.4 Å². The fraction of sp³-hybridized carbons (Fsp3) is 0.526. The number of sulfonamides is 1. The Kier molecular flexibility index (Phi) is 8.12. The maximum atomic E-state index is 13.8. The van der Waals surface area contributed by atoms with Crippen molar-refractivity contribution in [1.29, 1.82) is 0 Å². The summed E-state index contributed by atoms with van der Waals surface area (Å²) in [5, 5.41) is 13.7. The van der Waals surface area contributed by atoms with E-state index in [1.807, 2.05) is 4.72 Å². The Morgan fingerprint density at radius 1 is 1.25 bits per heavy atom. The van der Waals surface area contributed by atoms with E-state index in [1.54, 1.807) is 0 Å². The largest absolute Gasteiger partial charge is 0.466 e. The van der Waals surface area contributed by atoms with Crippen LogP contribution in [0.3, 0.4) is 0 Å². The van der Waals surface area contributed by atoms with E-state index < -0.39 is 80.5 Å². The van der Waals surface area contributed by atoms with Crippen molar-refractivity contribution < 1.29 is 53.8 Å². The molecular formula is C19H23F7N4O5S. The average molecular weight is 552 g/mol. The second kappa shape index (κ2) is 9.93. The zero-order chi connectivity index (χ0) is 27.9. The standard InChI is InChI=1S/C19H23F7N4O5S/c1-9(8-27-13-6-5-11(20)7-12(13)18(21,22)23)29-36(33,34)15-14(30(3)10(2)28-15)17(32,16(31)35-4)19(24,25)26/h5-7,9-10,27-29,32H,8H2,1-4H3/t9-,10?,17?/m1/s1. The predicted octanol–water partition coefficient (Wildman–Crippen LogP) is 2.08. The molecule has 1 aromatic rings. The van der Waals surface area contributed by atoms with Gasteiger partial charge in [-0.05, 0) is 32.0 Å². The molecule has 0 radical (unpaired) electrons. The number of aliphatic hydroxyl groups is 1. The van der Waals surface area contributed by atoms with E-state index in [1.165, 1.54) is 13.8 Å². The van der Waals surface area contributed by atoms with Crippen molar-refractivity contribution in [1.82, 2.24) is 14.9 Å². The number of alkyl halides is 6. The number of nitrogens with zero attached hydrogens (tertiary/aromatic N) is 1. The number of carbonyl (C=O) groups excluding carboxylic acids is 1.